The molecule has 28 heavy (non-hydrogen) atoms. The summed E-state index contributed by atoms with van der Waals surface area (Å²) in [5.74, 6) is -0.371. The molecule has 2 aromatic rings. The first kappa shape index (κ1) is 20.1. The van der Waals surface area contributed by atoms with Crippen molar-refractivity contribution in [1.29, 1.82) is 0 Å². The van der Waals surface area contributed by atoms with E-state index in [-0.39, 0.29) is 30.1 Å². The van der Waals surface area contributed by atoms with Crippen LogP contribution in [0.1, 0.15) is 42.1 Å². The summed E-state index contributed by atoms with van der Waals surface area (Å²) >= 11 is 0. The van der Waals surface area contributed by atoms with Crippen molar-refractivity contribution in [3.8, 4) is 0 Å². The molecule has 5 nitrogen and oxygen atoms in total. The second-order valence-electron chi connectivity index (χ2n) is 7.21. The molecule has 0 aliphatic carbocycles. The SMILES string of the molecule is CC[C@@H]1CC(OC(=O)c2ccccc2)[C@@H](CC(=O)NC)N1Cc1ccccc1. The van der Waals surface area contributed by atoms with E-state index in [0.29, 0.717) is 12.0 Å². The van der Waals surface area contributed by atoms with Crippen LogP contribution in [0.4, 0.5) is 0 Å². The van der Waals surface area contributed by atoms with Gasteiger partial charge < -0.3 is 10.1 Å². The van der Waals surface area contributed by atoms with Gasteiger partial charge in [0.2, 0.25) is 5.91 Å². The number of amides is 1. The molecule has 148 valence electrons. The van der Waals surface area contributed by atoms with E-state index < -0.39 is 0 Å². The second-order valence-corrected chi connectivity index (χ2v) is 7.21. The third kappa shape index (κ3) is 4.78. The van der Waals surface area contributed by atoms with Gasteiger partial charge in [-0.1, -0.05) is 55.5 Å². The highest BCUT2D eigenvalue weighted by atomic mass is 16.5. The van der Waals surface area contributed by atoms with Crippen molar-refractivity contribution >= 4 is 11.9 Å². The minimum Gasteiger partial charge on any atom is -0.457 e. The molecule has 1 saturated heterocycles. The first-order chi connectivity index (χ1) is 13.6. The molecule has 5 heteroatoms. The summed E-state index contributed by atoms with van der Waals surface area (Å²) in [5, 5.41) is 2.71. The van der Waals surface area contributed by atoms with Crippen LogP contribution in [0.3, 0.4) is 0 Å². The summed E-state index contributed by atoms with van der Waals surface area (Å²) in [5.41, 5.74) is 1.73. The van der Waals surface area contributed by atoms with Gasteiger partial charge in [0.1, 0.15) is 6.10 Å². The molecule has 2 aromatic carbocycles. The van der Waals surface area contributed by atoms with E-state index in [2.05, 4.69) is 29.3 Å². The summed E-state index contributed by atoms with van der Waals surface area (Å²) in [6, 6.07) is 19.4. The second kappa shape index (κ2) is 9.51. The van der Waals surface area contributed by atoms with Crippen LogP contribution in [-0.2, 0) is 16.1 Å². The molecule has 3 rings (SSSR count). The number of likely N-dealkylation sites (tertiary alicyclic amines) is 1. The van der Waals surface area contributed by atoms with Gasteiger partial charge in [0, 0.05) is 32.5 Å². The Hall–Kier alpha value is -2.66. The topological polar surface area (TPSA) is 58.6 Å². The van der Waals surface area contributed by atoms with Crippen molar-refractivity contribution in [3.63, 3.8) is 0 Å². The quantitative estimate of drug-likeness (QED) is 0.748. The lowest BCUT2D eigenvalue weighted by molar-refractivity contribution is -0.122. The smallest absolute Gasteiger partial charge is 0.338 e. The van der Waals surface area contributed by atoms with Gasteiger partial charge in [-0.25, -0.2) is 4.79 Å². The Morgan fingerprint density at radius 2 is 1.71 bits per heavy atom. The van der Waals surface area contributed by atoms with Gasteiger partial charge in [-0.3, -0.25) is 9.69 Å². The maximum Gasteiger partial charge on any atom is 0.338 e. The molecule has 3 atom stereocenters. The van der Waals surface area contributed by atoms with Gasteiger partial charge in [0.25, 0.3) is 0 Å². The zero-order valence-electron chi connectivity index (χ0n) is 16.5. The molecule has 1 fully saturated rings. The Labute approximate surface area is 166 Å². The number of nitrogens with zero attached hydrogens (tertiary/aromatic N) is 1. The summed E-state index contributed by atoms with van der Waals surface area (Å²) in [6.45, 7) is 2.88. The van der Waals surface area contributed by atoms with E-state index in [9.17, 15) is 9.59 Å². The summed E-state index contributed by atoms with van der Waals surface area (Å²) in [4.78, 5) is 27.1. The third-order valence-corrected chi connectivity index (χ3v) is 5.45. The first-order valence-electron chi connectivity index (χ1n) is 9.88. The van der Waals surface area contributed by atoms with Crippen molar-refractivity contribution in [2.24, 2.45) is 0 Å². The Bertz CT molecular complexity index is 779. The van der Waals surface area contributed by atoms with E-state index in [1.165, 1.54) is 5.56 Å². The number of rotatable bonds is 7. The van der Waals surface area contributed by atoms with Gasteiger partial charge in [-0.2, -0.15) is 0 Å². The lowest BCUT2D eigenvalue weighted by atomic mass is 10.1. The van der Waals surface area contributed by atoms with Crippen molar-refractivity contribution in [1.82, 2.24) is 10.2 Å². The monoisotopic (exact) mass is 380 g/mol. The molecule has 1 amide bonds. The van der Waals surface area contributed by atoms with Crippen molar-refractivity contribution < 1.29 is 14.3 Å². The summed E-state index contributed by atoms with van der Waals surface area (Å²) in [6.07, 6.45) is 1.69. The van der Waals surface area contributed by atoms with E-state index in [1.807, 2.05) is 36.4 Å². The van der Waals surface area contributed by atoms with Crippen LogP contribution >= 0.6 is 0 Å². The normalized spacial score (nSPS) is 22.0. The fraction of sp³-hybridized carbons (Fsp3) is 0.391. The number of esters is 1. The van der Waals surface area contributed by atoms with Gasteiger partial charge >= 0.3 is 5.97 Å². The number of hydrogen-bond acceptors (Lipinski definition) is 4. The molecule has 0 radical (unpaired) electrons. The van der Waals surface area contributed by atoms with Crippen LogP contribution in [0, 0.1) is 0 Å². The molecule has 1 heterocycles. The van der Waals surface area contributed by atoms with E-state index in [0.717, 1.165) is 19.4 Å². The number of carbonyl (C=O) groups excluding carboxylic acids is 2. The molecule has 1 unspecified atom stereocenters. The minimum absolute atomic E-state index is 0.0411. The average molecular weight is 380 g/mol. The molecule has 0 saturated carbocycles. The molecule has 1 aliphatic rings. The lowest BCUT2D eigenvalue weighted by Crippen LogP contribution is -2.42. The maximum absolute atomic E-state index is 12.6. The molecule has 1 aliphatic heterocycles. The zero-order valence-corrected chi connectivity index (χ0v) is 16.5. The fourth-order valence-corrected chi connectivity index (χ4v) is 3.93. The van der Waals surface area contributed by atoms with Crippen molar-refractivity contribution in [3.05, 3.63) is 71.8 Å². The van der Waals surface area contributed by atoms with Crippen LogP contribution in [0.25, 0.3) is 0 Å². The van der Waals surface area contributed by atoms with Crippen LogP contribution in [0.5, 0.6) is 0 Å². The van der Waals surface area contributed by atoms with E-state index in [4.69, 9.17) is 4.74 Å². The standard InChI is InChI=1S/C23H28N2O3/c1-3-19-14-21(28-23(27)18-12-8-5-9-13-18)20(15-22(26)24-2)25(19)16-17-10-6-4-7-11-17/h4-13,19-21H,3,14-16H2,1-2H3,(H,24,26)/t19-,20-,21?/m1/s1. The predicted octanol–water partition coefficient (Wildman–Crippen LogP) is 3.40. The highest BCUT2D eigenvalue weighted by Gasteiger charge is 2.43. The number of ether oxygens (including phenoxy) is 1. The van der Waals surface area contributed by atoms with Gasteiger partial charge in [-0.15, -0.1) is 0 Å². The number of nitrogens with one attached hydrogen (secondary N) is 1. The summed E-state index contributed by atoms with van der Waals surface area (Å²) in [7, 11) is 1.64. The maximum atomic E-state index is 12.6. The van der Waals surface area contributed by atoms with Crippen LogP contribution in [0.15, 0.2) is 60.7 Å². The average Bonchev–Trinajstić information content (AvgIpc) is 3.05. The molecule has 0 bridgehead atoms. The van der Waals surface area contributed by atoms with Gasteiger partial charge in [0.15, 0.2) is 0 Å². The molecule has 0 spiro atoms. The highest BCUT2D eigenvalue weighted by Crippen LogP contribution is 2.33. The molecular formula is C23H28N2O3. The Morgan fingerprint density at radius 3 is 2.32 bits per heavy atom. The lowest BCUT2D eigenvalue weighted by Gasteiger charge is -2.30. The Kier molecular flexibility index (Phi) is 6.82. The number of benzene rings is 2. The van der Waals surface area contributed by atoms with Gasteiger partial charge in [-0.05, 0) is 24.1 Å². The van der Waals surface area contributed by atoms with Crippen molar-refractivity contribution in [2.45, 2.75) is 50.9 Å². The Morgan fingerprint density at radius 1 is 1.07 bits per heavy atom. The molecular weight excluding hydrogens is 352 g/mol. The van der Waals surface area contributed by atoms with Crippen molar-refractivity contribution in [2.75, 3.05) is 7.05 Å². The molecule has 1 N–H and O–H groups in total. The van der Waals surface area contributed by atoms with Crippen LogP contribution in [-0.4, -0.2) is 42.0 Å². The third-order valence-electron chi connectivity index (χ3n) is 5.45. The fourth-order valence-electron chi connectivity index (χ4n) is 3.93. The largest absolute Gasteiger partial charge is 0.457 e. The minimum atomic E-state index is -0.330. The first-order valence-corrected chi connectivity index (χ1v) is 9.88. The van der Waals surface area contributed by atoms with Gasteiger partial charge in [0.05, 0.1) is 11.6 Å². The summed E-state index contributed by atoms with van der Waals surface area (Å²) < 4.78 is 5.89. The van der Waals surface area contributed by atoms with E-state index in [1.54, 1.807) is 19.2 Å². The van der Waals surface area contributed by atoms with E-state index >= 15 is 0 Å². The highest BCUT2D eigenvalue weighted by molar-refractivity contribution is 5.89. The van der Waals surface area contributed by atoms with Crippen LogP contribution < -0.4 is 5.32 Å². The number of hydrogen-bond donors (Lipinski definition) is 1. The number of carbonyl (C=O) groups is 2. The Balaban J connectivity index is 1.81. The zero-order chi connectivity index (χ0) is 19.9. The van der Waals surface area contributed by atoms with Crippen LogP contribution in [0.2, 0.25) is 0 Å². The predicted molar refractivity (Wildman–Crippen MR) is 109 cm³/mol. The molecule has 0 aromatic heterocycles.